The molecule has 0 spiro atoms. The second-order valence-corrected chi connectivity index (χ2v) is 5.09. The average Bonchev–Trinajstić information content (AvgIpc) is 2.48. The summed E-state index contributed by atoms with van der Waals surface area (Å²) >= 11 is 11.8. The molecule has 0 saturated heterocycles. The minimum atomic E-state index is -0.0398. The quantitative estimate of drug-likeness (QED) is 0.885. The van der Waals surface area contributed by atoms with Gasteiger partial charge in [0, 0.05) is 17.1 Å². The number of nitriles is 1. The van der Waals surface area contributed by atoms with E-state index in [1.54, 1.807) is 24.3 Å². The molecule has 0 radical (unpaired) electrons. The van der Waals surface area contributed by atoms with Crippen LogP contribution in [0.4, 0.5) is 5.69 Å². The first-order valence-electron chi connectivity index (χ1n) is 6.04. The highest BCUT2D eigenvalue weighted by Crippen LogP contribution is 2.33. The number of nitrogens with zero attached hydrogens (tertiary/aromatic N) is 1. The molecule has 2 rings (SSSR count). The summed E-state index contributed by atoms with van der Waals surface area (Å²) in [6.45, 7) is 0.251. The molecular formula is C15H12Cl2N2O2. The van der Waals surface area contributed by atoms with Gasteiger partial charge in [-0.25, -0.2) is 0 Å². The van der Waals surface area contributed by atoms with Gasteiger partial charge in [-0.05, 0) is 24.3 Å². The van der Waals surface area contributed by atoms with Gasteiger partial charge in [0.15, 0.2) is 0 Å². The van der Waals surface area contributed by atoms with Crippen molar-refractivity contribution >= 4 is 28.9 Å². The molecule has 2 aromatic rings. The smallest absolute Gasteiger partial charge is 0.143 e. The number of benzene rings is 2. The number of aromatic hydroxyl groups is 1. The SMILES string of the molecule is COc1cccc(C#N)c1NCc1cc(Cl)cc(Cl)c1O. The van der Waals surface area contributed by atoms with Crippen LogP contribution in [-0.2, 0) is 6.54 Å². The first kappa shape index (κ1) is 15.3. The van der Waals surface area contributed by atoms with Gasteiger partial charge in [-0.15, -0.1) is 0 Å². The van der Waals surface area contributed by atoms with Crippen molar-refractivity contribution < 1.29 is 9.84 Å². The van der Waals surface area contributed by atoms with Crippen LogP contribution in [0.25, 0.3) is 0 Å². The average molecular weight is 323 g/mol. The van der Waals surface area contributed by atoms with Gasteiger partial charge in [0.1, 0.15) is 17.6 Å². The zero-order valence-electron chi connectivity index (χ0n) is 11.2. The van der Waals surface area contributed by atoms with Crippen LogP contribution in [-0.4, -0.2) is 12.2 Å². The minimum Gasteiger partial charge on any atom is -0.506 e. The zero-order chi connectivity index (χ0) is 15.4. The summed E-state index contributed by atoms with van der Waals surface area (Å²) in [5, 5.41) is 22.7. The third-order valence-electron chi connectivity index (χ3n) is 2.93. The molecule has 2 aromatic carbocycles. The topological polar surface area (TPSA) is 65.3 Å². The number of anilines is 1. The van der Waals surface area contributed by atoms with Crippen LogP contribution in [0.1, 0.15) is 11.1 Å². The Bertz CT molecular complexity index is 712. The molecule has 6 heteroatoms. The van der Waals surface area contributed by atoms with Crippen LogP contribution in [0.5, 0.6) is 11.5 Å². The highest BCUT2D eigenvalue weighted by molar-refractivity contribution is 6.35. The zero-order valence-corrected chi connectivity index (χ0v) is 12.7. The van der Waals surface area contributed by atoms with Crippen molar-refractivity contribution in [2.45, 2.75) is 6.54 Å². The normalized spacial score (nSPS) is 10.0. The highest BCUT2D eigenvalue weighted by Gasteiger charge is 2.11. The first-order valence-corrected chi connectivity index (χ1v) is 6.80. The molecule has 0 saturated carbocycles. The Balaban J connectivity index is 2.31. The van der Waals surface area contributed by atoms with Gasteiger partial charge in [-0.3, -0.25) is 0 Å². The summed E-state index contributed by atoms with van der Waals surface area (Å²) in [5.41, 5.74) is 1.53. The van der Waals surface area contributed by atoms with E-state index in [1.807, 2.05) is 0 Å². The monoisotopic (exact) mass is 322 g/mol. The number of methoxy groups -OCH3 is 1. The summed E-state index contributed by atoms with van der Waals surface area (Å²) in [5.74, 6) is 0.503. The van der Waals surface area contributed by atoms with E-state index < -0.39 is 0 Å². The number of para-hydroxylation sites is 1. The maximum atomic E-state index is 9.93. The number of phenols is 1. The maximum Gasteiger partial charge on any atom is 0.143 e. The van der Waals surface area contributed by atoms with Gasteiger partial charge in [0.2, 0.25) is 0 Å². The van der Waals surface area contributed by atoms with Crippen LogP contribution in [0.2, 0.25) is 10.0 Å². The fourth-order valence-electron chi connectivity index (χ4n) is 1.91. The van der Waals surface area contributed by atoms with E-state index in [-0.39, 0.29) is 17.3 Å². The van der Waals surface area contributed by atoms with E-state index in [0.29, 0.717) is 27.6 Å². The third-order valence-corrected chi connectivity index (χ3v) is 3.44. The fraction of sp³-hybridized carbons (Fsp3) is 0.133. The van der Waals surface area contributed by atoms with Gasteiger partial charge in [0.05, 0.1) is 23.4 Å². The Labute approximate surface area is 132 Å². The minimum absolute atomic E-state index is 0.0398. The fourth-order valence-corrected chi connectivity index (χ4v) is 2.45. The van der Waals surface area contributed by atoms with Crippen LogP contribution >= 0.6 is 23.2 Å². The summed E-state index contributed by atoms with van der Waals surface area (Å²) < 4.78 is 5.23. The lowest BCUT2D eigenvalue weighted by molar-refractivity contribution is 0.416. The number of rotatable bonds is 4. The molecular weight excluding hydrogens is 311 g/mol. The summed E-state index contributed by atoms with van der Waals surface area (Å²) in [6.07, 6.45) is 0. The molecule has 0 amide bonds. The molecule has 21 heavy (non-hydrogen) atoms. The van der Waals surface area contributed by atoms with E-state index in [2.05, 4.69) is 11.4 Å². The molecule has 0 atom stereocenters. The number of ether oxygens (including phenoxy) is 1. The van der Waals surface area contributed by atoms with E-state index in [4.69, 9.17) is 33.2 Å². The Morgan fingerprint density at radius 3 is 2.76 bits per heavy atom. The first-order chi connectivity index (χ1) is 10.1. The number of halogens is 2. The second-order valence-electron chi connectivity index (χ2n) is 4.24. The van der Waals surface area contributed by atoms with Gasteiger partial charge >= 0.3 is 0 Å². The lowest BCUT2D eigenvalue weighted by Crippen LogP contribution is -2.04. The molecule has 0 aromatic heterocycles. The second kappa shape index (κ2) is 6.57. The molecule has 0 fully saturated rings. The Morgan fingerprint density at radius 1 is 1.33 bits per heavy atom. The molecule has 0 aliphatic heterocycles. The van der Waals surface area contributed by atoms with E-state index in [0.717, 1.165) is 0 Å². The van der Waals surface area contributed by atoms with Crippen molar-refractivity contribution in [2.24, 2.45) is 0 Å². The van der Waals surface area contributed by atoms with Gasteiger partial charge < -0.3 is 15.2 Å². The van der Waals surface area contributed by atoms with Crippen molar-refractivity contribution in [1.82, 2.24) is 0 Å². The Kier molecular flexibility index (Phi) is 4.79. The van der Waals surface area contributed by atoms with Gasteiger partial charge in [-0.2, -0.15) is 5.26 Å². The van der Waals surface area contributed by atoms with Crippen molar-refractivity contribution in [3.63, 3.8) is 0 Å². The molecule has 0 bridgehead atoms. The molecule has 2 N–H and O–H groups in total. The van der Waals surface area contributed by atoms with Crippen molar-refractivity contribution in [1.29, 1.82) is 5.26 Å². The maximum absolute atomic E-state index is 9.93. The van der Waals surface area contributed by atoms with E-state index >= 15 is 0 Å². The predicted octanol–water partition coefficient (Wildman–Crippen LogP) is 4.19. The van der Waals surface area contributed by atoms with Gasteiger partial charge in [-0.1, -0.05) is 29.3 Å². The molecule has 4 nitrogen and oxygen atoms in total. The van der Waals surface area contributed by atoms with Crippen LogP contribution in [0.15, 0.2) is 30.3 Å². The lowest BCUT2D eigenvalue weighted by Gasteiger charge is -2.14. The molecule has 0 heterocycles. The predicted molar refractivity (Wildman–Crippen MR) is 83.2 cm³/mol. The van der Waals surface area contributed by atoms with E-state index in [9.17, 15) is 5.11 Å². The summed E-state index contributed by atoms with van der Waals surface area (Å²) in [4.78, 5) is 0. The summed E-state index contributed by atoms with van der Waals surface area (Å²) in [6, 6.07) is 10.3. The summed E-state index contributed by atoms with van der Waals surface area (Å²) in [7, 11) is 1.52. The van der Waals surface area contributed by atoms with Crippen molar-refractivity contribution in [3.8, 4) is 17.6 Å². The van der Waals surface area contributed by atoms with Crippen LogP contribution in [0, 0.1) is 11.3 Å². The number of hydrogen-bond acceptors (Lipinski definition) is 4. The third kappa shape index (κ3) is 3.33. The molecule has 108 valence electrons. The molecule has 0 aliphatic carbocycles. The number of nitrogens with one attached hydrogen (secondary N) is 1. The Morgan fingerprint density at radius 2 is 2.10 bits per heavy atom. The van der Waals surface area contributed by atoms with E-state index in [1.165, 1.54) is 13.2 Å². The highest BCUT2D eigenvalue weighted by atomic mass is 35.5. The largest absolute Gasteiger partial charge is 0.506 e. The Hall–Kier alpha value is -2.09. The number of hydrogen-bond donors (Lipinski definition) is 2. The van der Waals surface area contributed by atoms with Crippen LogP contribution in [0.3, 0.4) is 0 Å². The van der Waals surface area contributed by atoms with Crippen LogP contribution < -0.4 is 10.1 Å². The standard InChI is InChI=1S/C15H12Cl2N2O2/c1-21-13-4-2-3-9(7-18)14(13)19-8-10-5-11(16)6-12(17)15(10)20/h2-6,19-20H,8H2,1H3. The van der Waals surface area contributed by atoms with Crippen molar-refractivity contribution in [3.05, 3.63) is 51.5 Å². The van der Waals surface area contributed by atoms with Crippen molar-refractivity contribution in [2.75, 3.05) is 12.4 Å². The van der Waals surface area contributed by atoms with Gasteiger partial charge in [0.25, 0.3) is 0 Å². The lowest BCUT2D eigenvalue weighted by atomic mass is 10.1. The number of phenolic OH excluding ortho intramolecular Hbond substituents is 1. The molecule has 0 aliphatic rings. The molecule has 0 unspecified atom stereocenters.